The highest BCUT2D eigenvalue weighted by molar-refractivity contribution is 6.32. The molecule has 0 saturated heterocycles. The molecule has 0 atom stereocenters. The number of hydrogen-bond donors (Lipinski definition) is 1. The fraction of sp³-hybridized carbons (Fsp3) is 0.364. The van der Waals surface area contributed by atoms with E-state index in [1.807, 2.05) is 0 Å². The summed E-state index contributed by atoms with van der Waals surface area (Å²) in [7, 11) is 0. The molecule has 2 nitrogen and oxygen atoms in total. The van der Waals surface area contributed by atoms with E-state index < -0.39 is 5.41 Å². The van der Waals surface area contributed by atoms with Gasteiger partial charge < -0.3 is 5.11 Å². The Morgan fingerprint density at radius 2 is 2.14 bits per heavy atom. The first-order valence-electron chi connectivity index (χ1n) is 4.57. The van der Waals surface area contributed by atoms with Crippen LogP contribution in [0.1, 0.15) is 25.3 Å². The minimum absolute atomic E-state index is 0.0573. The average Bonchev–Trinajstić information content (AvgIpc) is 2.90. The highest BCUT2D eigenvalue weighted by Gasteiger charge is 2.50. The fourth-order valence-electron chi connectivity index (χ4n) is 1.84. The number of carbonyl (C=O) groups excluding carboxylic acids is 1. The summed E-state index contributed by atoms with van der Waals surface area (Å²) in [5.41, 5.74) is 0.229. The molecule has 0 bridgehead atoms. The Morgan fingerprint density at radius 1 is 1.50 bits per heavy atom. The standard InChI is InChI=1S/C11H11ClO2/c1-7(13)11(5-6-11)8-3-2-4-9(12)10(8)14/h2-4,14H,5-6H2,1H3. The van der Waals surface area contributed by atoms with Crippen LogP contribution in [0.5, 0.6) is 5.75 Å². The average molecular weight is 211 g/mol. The molecule has 0 aliphatic heterocycles. The first-order valence-corrected chi connectivity index (χ1v) is 4.95. The second kappa shape index (κ2) is 2.99. The Hall–Kier alpha value is -1.02. The molecule has 0 aromatic heterocycles. The molecular formula is C11H11ClO2. The van der Waals surface area contributed by atoms with Crippen molar-refractivity contribution in [2.45, 2.75) is 25.2 Å². The van der Waals surface area contributed by atoms with Gasteiger partial charge in [-0.25, -0.2) is 0 Å². The van der Waals surface area contributed by atoms with E-state index in [0.29, 0.717) is 10.6 Å². The summed E-state index contributed by atoms with van der Waals surface area (Å²) in [4.78, 5) is 11.4. The minimum Gasteiger partial charge on any atom is -0.506 e. The maximum absolute atomic E-state index is 11.4. The second-order valence-electron chi connectivity index (χ2n) is 3.77. The number of ketones is 1. The molecule has 1 N–H and O–H groups in total. The minimum atomic E-state index is -0.449. The molecule has 2 rings (SSSR count). The number of benzene rings is 1. The molecule has 0 unspecified atom stereocenters. The van der Waals surface area contributed by atoms with Crippen LogP contribution in [0.2, 0.25) is 5.02 Å². The van der Waals surface area contributed by atoms with Crippen LogP contribution in [0.15, 0.2) is 18.2 Å². The lowest BCUT2D eigenvalue weighted by atomic mass is 9.91. The summed E-state index contributed by atoms with van der Waals surface area (Å²) in [6, 6.07) is 5.16. The highest BCUT2D eigenvalue weighted by atomic mass is 35.5. The molecule has 3 heteroatoms. The Kier molecular flexibility index (Phi) is 2.04. The van der Waals surface area contributed by atoms with Crippen molar-refractivity contribution in [2.75, 3.05) is 0 Å². The fourth-order valence-corrected chi connectivity index (χ4v) is 2.01. The van der Waals surface area contributed by atoms with Crippen LogP contribution in [0, 0.1) is 0 Å². The van der Waals surface area contributed by atoms with Crippen LogP contribution < -0.4 is 0 Å². The van der Waals surface area contributed by atoms with Gasteiger partial charge in [0.2, 0.25) is 0 Å². The summed E-state index contributed by atoms with van der Waals surface area (Å²) in [5.74, 6) is 0.164. The Bertz CT molecular complexity index is 394. The van der Waals surface area contributed by atoms with E-state index in [2.05, 4.69) is 0 Å². The van der Waals surface area contributed by atoms with Crippen LogP contribution in [0.4, 0.5) is 0 Å². The number of phenols is 1. The van der Waals surface area contributed by atoms with E-state index in [4.69, 9.17) is 11.6 Å². The first-order chi connectivity index (χ1) is 6.58. The van der Waals surface area contributed by atoms with Crippen molar-refractivity contribution in [1.29, 1.82) is 0 Å². The molecule has 1 aromatic rings. The first kappa shape index (κ1) is 9.53. The molecule has 1 aliphatic carbocycles. The van der Waals surface area contributed by atoms with Gasteiger partial charge in [-0.05, 0) is 25.8 Å². The van der Waals surface area contributed by atoms with Gasteiger partial charge in [0, 0.05) is 5.56 Å². The van der Waals surface area contributed by atoms with Crippen molar-refractivity contribution in [2.24, 2.45) is 0 Å². The molecule has 14 heavy (non-hydrogen) atoms. The number of phenolic OH excluding ortho intramolecular Hbond substituents is 1. The van der Waals surface area contributed by atoms with E-state index >= 15 is 0 Å². The van der Waals surface area contributed by atoms with Gasteiger partial charge in [-0.2, -0.15) is 0 Å². The molecular weight excluding hydrogens is 200 g/mol. The molecule has 74 valence electrons. The lowest BCUT2D eigenvalue weighted by molar-refractivity contribution is -0.119. The normalized spacial score (nSPS) is 17.9. The predicted molar refractivity (Wildman–Crippen MR) is 54.7 cm³/mol. The molecule has 0 radical (unpaired) electrons. The summed E-state index contributed by atoms with van der Waals surface area (Å²) in [5, 5.41) is 10.1. The molecule has 1 fully saturated rings. The Morgan fingerprint density at radius 3 is 2.64 bits per heavy atom. The van der Waals surface area contributed by atoms with Gasteiger partial charge in [-0.1, -0.05) is 23.7 Å². The largest absolute Gasteiger partial charge is 0.506 e. The zero-order valence-electron chi connectivity index (χ0n) is 7.88. The summed E-state index contributed by atoms with van der Waals surface area (Å²) in [6.45, 7) is 1.56. The maximum Gasteiger partial charge on any atom is 0.140 e. The zero-order chi connectivity index (χ0) is 10.3. The van der Waals surface area contributed by atoms with Crippen LogP contribution in [0.25, 0.3) is 0 Å². The van der Waals surface area contributed by atoms with Crippen molar-refractivity contribution in [3.63, 3.8) is 0 Å². The van der Waals surface area contributed by atoms with E-state index in [1.165, 1.54) is 0 Å². The predicted octanol–water partition coefficient (Wildman–Crippen LogP) is 2.67. The van der Waals surface area contributed by atoms with E-state index in [0.717, 1.165) is 12.8 Å². The number of hydrogen-bond acceptors (Lipinski definition) is 2. The summed E-state index contributed by atoms with van der Waals surface area (Å²) in [6.07, 6.45) is 1.63. The number of halogens is 1. The quantitative estimate of drug-likeness (QED) is 0.815. The smallest absolute Gasteiger partial charge is 0.140 e. The lowest BCUT2D eigenvalue weighted by Gasteiger charge is -2.13. The van der Waals surface area contributed by atoms with Gasteiger partial charge in [0.1, 0.15) is 11.5 Å². The summed E-state index contributed by atoms with van der Waals surface area (Å²) < 4.78 is 0. The lowest BCUT2D eigenvalue weighted by Crippen LogP contribution is -2.16. The molecule has 1 saturated carbocycles. The van der Waals surface area contributed by atoms with Gasteiger partial charge in [0.15, 0.2) is 0 Å². The summed E-state index contributed by atoms with van der Waals surface area (Å²) >= 11 is 5.79. The van der Waals surface area contributed by atoms with Crippen LogP contribution in [-0.2, 0) is 10.2 Å². The highest BCUT2D eigenvalue weighted by Crippen LogP contribution is 2.52. The number of carbonyl (C=O) groups is 1. The number of Topliss-reactive ketones (excluding diaryl/α,β-unsaturated/α-hetero) is 1. The van der Waals surface area contributed by atoms with Crippen molar-refractivity contribution in [3.05, 3.63) is 28.8 Å². The van der Waals surface area contributed by atoms with Gasteiger partial charge in [0.05, 0.1) is 10.4 Å². The number of aromatic hydroxyl groups is 1. The third kappa shape index (κ3) is 1.22. The third-order valence-corrected chi connectivity index (χ3v) is 3.23. The second-order valence-corrected chi connectivity index (χ2v) is 4.18. The van der Waals surface area contributed by atoms with Crippen LogP contribution in [0.3, 0.4) is 0 Å². The van der Waals surface area contributed by atoms with E-state index in [9.17, 15) is 9.90 Å². The molecule has 0 spiro atoms. The van der Waals surface area contributed by atoms with E-state index in [-0.39, 0.29) is 11.5 Å². The number of para-hydroxylation sites is 1. The van der Waals surface area contributed by atoms with Gasteiger partial charge >= 0.3 is 0 Å². The SMILES string of the molecule is CC(=O)C1(c2cccc(Cl)c2O)CC1. The Balaban J connectivity index is 2.52. The van der Waals surface area contributed by atoms with Crippen molar-refractivity contribution in [1.82, 2.24) is 0 Å². The monoisotopic (exact) mass is 210 g/mol. The molecule has 0 heterocycles. The van der Waals surface area contributed by atoms with Crippen molar-refractivity contribution >= 4 is 17.4 Å². The van der Waals surface area contributed by atoms with Gasteiger partial charge in [-0.3, -0.25) is 4.79 Å². The topological polar surface area (TPSA) is 37.3 Å². The molecule has 1 aliphatic rings. The van der Waals surface area contributed by atoms with E-state index in [1.54, 1.807) is 25.1 Å². The zero-order valence-corrected chi connectivity index (χ0v) is 8.64. The van der Waals surface area contributed by atoms with Crippen LogP contribution in [-0.4, -0.2) is 10.9 Å². The van der Waals surface area contributed by atoms with Gasteiger partial charge in [0.25, 0.3) is 0 Å². The molecule has 0 amide bonds. The van der Waals surface area contributed by atoms with Crippen LogP contribution >= 0.6 is 11.6 Å². The number of rotatable bonds is 2. The third-order valence-electron chi connectivity index (χ3n) is 2.93. The van der Waals surface area contributed by atoms with Gasteiger partial charge in [-0.15, -0.1) is 0 Å². The van der Waals surface area contributed by atoms with Crippen molar-refractivity contribution in [3.8, 4) is 5.75 Å². The molecule has 1 aromatic carbocycles. The Labute approximate surface area is 87.5 Å². The van der Waals surface area contributed by atoms with Crippen molar-refractivity contribution < 1.29 is 9.90 Å². The maximum atomic E-state index is 11.4.